The van der Waals surface area contributed by atoms with Crippen LogP contribution >= 0.6 is 24.0 Å². The summed E-state index contributed by atoms with van der Waals surface area (Å²) in [4.78, 5) is 12.0. The summed E-state index contributed by atoms with van der Waals surface area (Å²) in [7, 11) is 0. The normalized spacial score (nSPS) is 12.7. The number of carbonyl (C=O) groups is 1. The molecule has 0 radical (unpaired) electrons. The smallest absolute Gasteiger partial charge is 0.316 e. The lowest BCUT2D eigenvalue weighted by molar-refractivity contribution is -0.136. The van der Waals surface area contributed by atoms with Crippen molar-refractivity contribution in [3.63, 3.8) is 0 Å². The summed E-state index contributed by atoms with van der Waals surface area (Å²) < 4.78 is 1.35. The summed E-state index contributed by atoms with van der Waals surface area (Å²) in [6.07, 6.45) is 4.87. The van der Waals surface area contributed by atoms with Crippen LogP contribution in [0.5, 0.6) is 0 Å². The minimum atomic E-state index is -0.812. The highest BCUT2D eigenvalue weighted by Crippen LogP contribution is 2.26. The molecule has 0 bridgehead atoms. The third-order valence-electron chi connectivity index (χ3n) is 3.16. The summed E-state index contributed by atoms with van der Waals surface area (Å²) in [5.74, 6) is -0.812. The minimum absolute atomic E-state index is 0.510. The molecule has 2 aromatic rings. The summed E-state index contributed by atoms with van der Waals surface area (Å²) in [6.45, 7) is 0. The molecular formula is C15H18O2S2. The van der Waals surface area contributed by atoms with Crippen LogP contribution in [-0.4, -0.2) is 16.3 Å². The molecule has 19 heavy (non-hydrogen) atoms. The molecule has 0 saturated carbocycles. The molecule has 0 aliphatic rings. The van der Waals surface area contributed by atoms with Crippen molar-refractivity contribution in [2.24, 2.45) is 0 Å². The van der Waals surface area contributed by atoms with Crippen LogP contribution in [0.2, 0.25) is 0 Å². The van der Waals surface area contributed by atoms with Crippen molar-refractivity contribution in [1.82, 2.24) is 0 Å². The van der Waals surface area contributed by atoms with E-state index in [4.69, 9.17) is 5.11 Å². The summed E-state index contributed by atoms with van der Waals surface area (Å²) in [5.41, 5.74) is 0. The number of unbranched alkanes of at least 4 members (excludes halogenated alkanes) is 2. The Morgan fingerprint density at radius 1 is 1.26 bits per heavy atom. The predicted octanol–water partition coefficient (Wildman–Crippen LogP) is 4.39. The molecule has 102 valence electrons. The second kappa shape index (κ2) is 6.96. The number of carboxylic acids is 1. The van der Waals surface area contributed by atoms with Gasteiger partial charge in [-0.2, -0.15) is 12.6 Å². The third-order valence-corrected chi connectivity index (χ3v) is 4.82. The lowest BCUT2D eigenvalue weighted by Gasteiger charge is -2.04. The van der Waals surface area contributed by atoms with E-state index >= 15 is 0 Å². The van der Waals surface area contributed by atoms with Gasteiger partial charge in [-0.1, -0.05) is 31.0 Å². The van der Waals surface area contributed by atoms with E-state index in [2.05, 4.69) is 43.0 Å². The van der Waals surface area contributed by atoms with Crippen LogP contribution in [-0.2, 0) is 11.2 Å². The number of rotatable bonds is 7. The molecule has 1 unspecified atom stereocenters. The van der Waals surface area contributed by atoms with Crippen molar-refractivity contribution in [3.05, 3.63) is 35.2 Å². The van der Waals surface area contributed by atoms with Gasteiger partial charge in [0.2, 0.25) is 0 Å². The molecule has 1 atom stereocenters. The molecule has 1 N–H and O–H groups in total. The Hall–Kier alpha value is -1.00. The molecule has 0 aliphatic heterocycles. The SMILES string of the molecule is O=C(O)C(S)CCCCCc1cc2ccccc2s1. The number of hydrogen-bond acceptors (Lipinski definition) is 3. The van der Waals surface area contributed by atoms with E-state index in [1.54, 1.807) is 0 Å². The Balaban J connectivity index is 1.72. The predicted molar refractivity (Wildman–Crippen MR) is 84.4 cm³/mol. The van der Waals surface area contributed by atoms with Gasteiger partial charge in [0.1, 0.15) is 0 Å². The molecule has 1 heterocycles. The zero-order valence-corrected chi connectivity index (χ0v) is 12.4. The van der Waals surface area contributed by atoms with Gasteiger partial charge in [0.05, 0.1) is 5.25 Å². The fourth-order valence-corrected chi connectivity index (χ4v) is 3.39. The van der Waals surface area contributed by atoms with E-state index in [1.165, 1.54) is 15.0 Å². The lowest BCUT2D eigenvalue weighted by atomic mass is 10.1. The monoisotopic (exact) mass is 294 g/mol. The quantitative estimate of drug-likeness (QED) is 0.587. The molecule has 0 saturated heterocycles. The number of carboxylic acid groups (broad SMARTS) is 1. The van der Waals surface area contributed by atoms with Crippen molar-refractivity contribution in [3.8, 4) is 0 Å². The van der Waals surface area contributed by atoms with Crippen LogP contribution in [0, 0.1) is 0 Å². The van der Waals surface area contributed by atoms with Gasteiger partial charge in [-0.05, 0) is 36.8 Å². The average Bonchev–Trinajstić information content (AvgIpc) is 2.80. The van der Waals surface area contributed by atoms with Crippen LogP contribution in [0.3, 0.4) is 0 Å². The number of thiophene rings is 1. The van der Waals surface area contributed by atoms with Crippen molar-refractivity contribution >= 4 is 40.0 Å². The van der Waals surface area contributed by atoms with E-state index in [1.807, 2.05) is 11.3 Å². The molecule has 0 amide bonds. The van der Waals surface area contributed by atoms with Crippen LogP contribution in [0.1, 0.15) is 30.6 Å². The molecule has 4 heteroatoms. The van der Waals surface area contributed by atoms with Crippen molar-refractivity contribution in [2.75, 3.05) is 0 Å². The molecule has 2 rings (SSSR count). The average molecular weight is 294 g/mol. The van der Waals surface area contributed by atoms with Crippen molar-refractivity contribution in [1.29, 1.82) is 0 Å². The van der Waals surface area contributed by atoms with E-state index in [0.29, 0.717) is 6.42 Å². The van der Waals surface area contributed by atoms with Gasteiger partial charge in [-0.15, -0.1) is 11.3 Å². The fraction of sp³-hybridized carbons (Fsp3) is 0.400. The van der Waals surface area contributed by atoms with Crippen LogP contribution < -0.4 is 0 Å². The summed E-state index contributed by atoms with van der Waals surface area (Å²) in [5, 5.41) is 9.54. The Bertz CT molecular complexity index is 515. The minimum Gasteiger partial charge on any atom is -0.480 e. The first-order valence-electron chi connectivity index (χ1n) is 6.55. The second-order valence-electron chi connectivity index (χ2n) is 4.70. The molecule has 2 nitrogen and oxygen atoms in total. The summed E-state index contributed by atoms with van der Waals surface area (Å²) in [6, 6.07) is 10.7. The van der Waals surface area contributed by atoms with E-state index in [9.17, 15) is 4.79 Å². The maximum absolute atomic E-state index is 10.6. The van der Waals surface area contributed by atoms with E-state index in [-0.39, 0.29) is 0 Å². The standard InChI is InChI=1S/C15H18O2S2/c16-15(17)13(18)8-3-1-2-7-12-10-11-6-4-5-9-14(11)19-12/h4-6,9-10,13,18H,1-3,7-8H2,(H,16,17). The first-order chi connectivity index (χ1) is 9.16. The first kappa shape index (κ1) is 14.4. The molecule has 0 spiro atoms. The molecule has 0 fully saturated rings. The maximum Gasteiger partial charge on any atom is 0.316 e. The fourth-order valence-electron chi connectivity index (χ4n) is 2.10. The van der Waals surface area contributed by atoms with Crippen molar-refractivity contribution < 1.29 is 9.90 Å². The zero-order valence-electron chi connectivity index (χ0n) is 10.7. The highest BCUT2D eigenvalue weighted by atomic mass is 32.1. The highest BCUT2D eigenvalue weighted by Gasteiger charge is 2.10. The van der Waals surface area contributed by atoms with Gasteiger partial charge in [0.15, 0.2) is 0 Å². The molecule has 1 aromatic heterocycles. The van der Waals surface area contributed by atoms with Crippen LogP contribution in [0.15, 0.2) is 30.3 Å². The Labute approximate surface area is 122 Å². The zero-order chi connectivity index (χ0) is 13.7. The number of benzene rings is 1. The molecule has 1 aromatic carbocycles. The summed E-state index contributed by atoms with van der Waals surface area (Å²) >= 11 is 5.89. The number of aryl methyl sites for hydroxylation is 1. The van der Waals surface area contributed by atoms with Gasteiger partial charge in [-0.3, -0.25) is 4.79 Å². The Morgan fingerprint density at radius 2 is 2.05 bits per heavy atom. The van der Waals surface area contributed by atoms with Crippen LogP contribution in [0.25, 0.3) is 10.1 Å². The number of aliphatic carboxylic acids is 1. The van der Waals surface area contributed by atoms with Gasteiger partial charge in [-0.25, -0.2) is 0 Å². The molecule has 0 aliphatic carbocycles. The number of thiol groups is 1. The highest BCUT2D eigenvalue weighted by molar-refractivity contribution is 7.81. The van der Waals surface area contributed by atoms with Crippen molar-refractivity contribution in [2.45, 2.75) is 37.4 Å². The topological polar surface area (TPSA) is 37.3 Å². The van der Waals surface area contributed by atoms with Crippen LogP contribution in [0.4, 0.5) is 0 Å². The Kier molecular flexibility index (Phi) is 5.28. The second-order valence-corrected chi connectivity index (χ2v) is 6.50. The van der Waals surface area contributed by atoms with Gasteiger partial charge >= 0.3 is 5.97 Å². The number of fused-ring (bicyclic) bond motifs is 1. The largest absolute Gasteiger partial charge is 0.480 e. The van der Waals surface area contributed by atoms with Gasteiger partial charge < -0.3 is 5.11 Å². The van der Waals surface area contributed by atoms with E-state index < -0.39 is 11.2 Å². The number of hydrogen-bond donors (Lipinski definition) is 2. The Morgan fingerprint density at radius 3 is 2.79 bits per heavy atom. The lowest BCUT2D eigenvalue weighted by Crippen LogP contribution is -2.12. The van der Waals surface area contributed by atoms with E-state index in [0.717, 1.165) is 25.7 Å². The van der Waals surface area contributed by atoms with Gasteiger partial charge in [0.25, 0.3) is 0 Å². The molecular weight excluding hydrogens is 276 g/mol. The third kappa shape index (κ3) is 4.25. The van der Waals surface area contributed by atoms with Gasteiger partial charge in [0, 0.05) is 9.58 Å². The first-order valence-corrected chi connectivity index (χ1v) is 7.88. The maximum atomic E-state index is 10.6.